The number of hydrogen-bond donors (Lipinski definition) is 3. The Labute approximate surface area is 215 Å². The summed E-state index contributed by atoms with van der Waals surface area (Å²) in [7, 11) is -0.229. The lowest BCUT2D eigenvalue weighted by molar-refractivity contribution is -0.118. The SMILES string of the molecule is CN(C)C(=NS(C)(=O)=O)c1ccc(NC(=O)C(NC(=O)Nc2ccc(Cl)cc2)c2ccccc2)cc1. The van der Waals surface area contributed by atoms with Gasteiger partial charge in [0.25, 0.3) is 15.9 Å². The Morgan fingerprint density at radius 1 is 0.861 bits per heavy atom. The molecular weight excluding hydrogens is 502 g/mol. The maximum Gasteiger partial charge on any atom is 0.320 e. The van der Waals surface area contributed by atoms with Crippen molar-refractivity contribution in [1.82, 2.24) is 10.2 Å². The molecule has 0 aliphatic carbocycles. The summed E-state index contributed by atoms with van der Waals surface area (Å²) in [5, 5.41) is 8.71. The van der Waals surface area contributed by atoms with E-state index in [2.05, 4.69) is 20.3 Å². The van der Waals surface area contributed by atoms with Crippen LogP contribution < -0.4 is 16.0 Å². The number of nitrogens with one attached hydrogen (secondary N) is 3. The molecule has 3 rings (SSSR count). The van der Waals surface area contributed by atoms with Crippen LogP contribution in [0.1, 0.15) is 17.2 Å². The lowest BCUT2D eigenvalue weighted by atomic mass is 10.1. The molecule has 0 aromatic heterocycles. The molecule has 0 bridgehead atoms. The average Bonchev–Trinajstić information content (AvgIpc) is 2.83. The molecule has 0 saturated carbocycles. The van der Waals surface area contributed by atoms with Crippen molar-refractivity contribution in [1.29, 1.82) is 0 Å². The molecule has 3 amide bonds. The van der Waals surface area contributed by atoms with Crippen molar-refractivity contribution in [3.05, 3.63) is 95.0 Å². The Hall–Kier alpha value is -3.89. The summed E-state index contributed by atoms with van der Waals surface area (Å²) in [4.78, 5) is 27.4. The standard InChI is InChI=1S/C25H26ClN5O4S/c1-31(2)23(30-36(3,34)35)18-9-13-20(14-10-18)27-24(32)22(17-7-5-4-6-8-17)29-25(33)28-21-15-11-19(26)12-16-21/h4-16,22H,1-3H3,(H,27,32)(H2,28,29,33). The van der Waals surface area contributed by atoms with Gasteiger partial charge in [0.05, 0.1) is 6.26 Å². The van der Waals surface area contributed by atoms with Gasteiger partial charge >= 0.3 is 6.03 Å². The molecule has 0 aliphatic heterocycles. The molecule has 36 heavy (non-hydrogen) atoms. The highest BCUT2D eigenvalue weighted by Gasteiger charge is 2.23. The van der Waals surface area contributed by atoms with Gasteiger partial charge in [0.15, 0.2) is 0 Å². The van der Waals surface area contributed by atoms with Crippen molar-refractivity contribution in [2.24, 2.45) is 4.40 Å². The minimum atomic E-state index is -3.60. The van der Waals surface area contributed by atoms with Crippen molar-refractivity contribution in [3.8, 4) is 0 Å². The van der Waals surface area contributed by atoms with Gasteiger partial charge in [-0.05, 0) is 54.1 Å². The molecule has 188 valence electrons. The van der Waals surface area contributed by atoms with Crippen LogP contribution in [0.3, 0.4) is 0 Å². The Bertz CT molecular complexity index is 1340. The molecule has 1 atom stereocenters. The predicted molar refractivity (Wildman–Crippen MR) is 143 cm³/mol. The van der Waals surface area contributed by atoms with Gasteiger partial charge < -0.3 is 20.9 Å². The summed E-state index contributed by atoms with van der Waals surface area (Å²) in [6, 6.07) is 20.4. The number of carbonyl (C=O) groups excluding carboxylic acids is 2. The lowest BCUT2D eigenvalue weighted by Gasteiger charge is -2.20. The number of hydrogen-bond acceptors (Lipinski definition) is 4. The van der Waals surface area contributed by atoms with Crippen LogP contribution in [0, 0.1) is 0 Å². The maximum absolute atomic E-state index is 13.2. The second-order valence-corrected chi connectivity index (χ2v) is 10.1. The number of carbonyl (C=O) groups is 2. The number of halogens is 1. The van der Waals surface area contributed by atoms with Gasteiger partial charge in [-0.3, -0.25) is 4.79 Å². The molecule has 9 nitrogen and oxygen atoms in total. The van der Waals surface area contributed by atoms with Crippen molar-refractivity contribution in [2.45, 2.75) is 6.04 Å². The quantitative estimate of drug-likeness (QED) is 0.315. The second kappa shape index (κ2) is 11.7. The summed E-state index contributed by atoms with van der Waals surface area (Å²) < 4.78 is 27.1. The third-order valence-electron chi connectivity index (χ3n) is 4.86. The van der Waals surface area contributed by atoms with Crippen molar-refractivity contribution in [2.75, 3.05) is 31.0 Å². The fourth-order valence-electron chi connectivity index (χ4n) is 3.24. The first-order chi connectivity index (χ1) is 17.0. The Balaban J connectivity index is 1.78. The van der Waals surface area contributed by atoms with E-state index in [1.54, 1.807) is 91.8 Å². The van der Waals surface area contributed by atoms with Gasteiger partial charge in [-0.15, -0.1) is 4.40 Å². The number of sulfonamides is 1. The molecule has 3 aromatic rings. The number of urea groups is 1. The van der Waals surface area contributed by atoms with E-state index < -0.39 is 28.0 Å². The van der Waals surface area contributed by atoms with Crippen molar-refractivity contribution < 1.29 is 18.0 Å². The van der Waals surface area contributed by atoms with Crippen LogP contribution in [-0.2, 0) is 14.8 Å². The van der Waals surface area contributed by atoms with E-state index in [4.69, 9.17) is 11.6 Å². The summed E-state index contributed by atoms with van der Waals surface area (Å²) in [6.45, 7) is 0. The van der Waals surface area contributed by atoms with Gasteiger partial charge in [0.2, 0.25) is 0 Å². The zero-order chi connectivity index (χ0) is 26.3. The molecular formula is C25H26ClN5O4S. The van der Waals surface area contributed by atoms with E-state index in [1.807, 2.05) is 6.07 Å². The fraction of sp³-hybridized carbons (Fsp3) is 0.160. The first-order valence-electron chi connectivity index (χ1n) is 10.8. The van der Waals surface area contributed by atoms with Gasteiger partial charge in [0, 0.05) is 36.1 Å². The topological polar surface area (TPSA) is 120 Å². The van der Waals surface area contributed by atoms with E-state index in [1.165, 1.54) is 0 Å². The minimum Gasteiger partial charge on any atom is -0.362 e. The molecule has 3 N–H and O–H groups in total. The van der Waals surface area contributed by atoms with Gasteiger partial charge in [0.1, 0.15) is 11.9 Å². The number of benzene rings is 3. The van der Waals surface area contributed by atoms with E-state index in [9.17, 15) is 18.0 Å². The van der Waals surface area contributed by atoms with E-state index in [-0.39, 0.29) is 5.84 Å². The predicted octanol–water partition coefficient (Wildman–Crippen LogP) is 4.11. The number of nitrogens with zero attached hydrogens (tertiary/aromatic N) is 2. The highest BCUT2D eigenvalue weighted by molar-refractivity contribution is 7.89. The Kier molecular flexibility index (Phi) is 8.68. The molecule has 1 unspecified atom stereocenters. The van der Waals surface area contributed by atoms with Crippen molar-refractivity contribution in [3.63, 3.8) is 0 Å². The fourth-order valence-corrected chi connectivity index (χ4v) is 3.95. The number of anilines is 2. The van der Waals surface area contributed by atoms with Crippen LogP contribution in [0.25, 0.3) is 0 Å². The normalized spacial score (nSPS) is 12.4. The van der Waals surface area contributed by atoms with Crippen LogP contribution in [0.5, 0.6) is 0 Å². The third-order valence-corrected chi connectivity index (χ3v) is 5.62. The summed E-state index contributed by atoms with van der Waals surface area (Å²) >= 11 is 5.88. The number of rotatable bonds is 7. The first kappa shape index (κ1) is 26.7. The average molecular weight is 528 g/mol. The summed E-state index contributed by atoms with van der Waals surface area (Å²) in [5.74, 6) is -0.198. The highest BCUT2D eigenvalue weighted by atomic mass is 35.5. The highest BCUT2D eigenvalue weighted by Crippen LogP contribution is 2.19. The van der Waals surface area contributed by atoms with Gasteiger partial charge in [-0.2, -0.15) is 0 Å². The van der Waals surface area contributed by atoms with Crippen LogP contribution in [0.15, 0.2) is 83.3 Å². The first-order valence-corrected chi connectivity index (χ1v) is 13.0. The molecule has 11 heteroatoms. The molecule has 0 spiro atoms. The Morgan fingerprint density at radius 3 is 1.97 bits per heavy atom. The van der Waals surface area contributed by atoms with E-state index >= 15 is 0 Å². The van der Waals surface area contributed by atoms with Gasteiger partial charge in [-0.1, -0.05) is 41.9 Å². The number of amides is 3. The van der Waals surface area contributed by atoms with Crippen LogP contribution >= 0.6 is 11.6 Å². The molecule has 0 fully saturated rings. The molecule has 3 aromatic carbocycles. The van der Waals surface area contributed by atoms with Crippen LogP contribution in [-0.4, -0.2) is 51.4 Å². The smallest absolute Gasteiger partial charge is 0.320 e. The maximum atomic E-state index is 13.2. The zero-order valence-corrected chi connectivity index (χ0v) is 21.5. The van der Waals surface area contributed by atoms with Crippen LogP contribution in [0.2, 0.25) is 5.02 Å². The molecule has 0 radical (unpaired) electrons. The molecule has 0 heterocycles. The van der Waals surface area contributed by atoms with Gasteiger partial charge in [-0.25, -0.2) is 13.2 Å². The van der Waals surface area contributed by atoms with E-state index in [0.29, 0.717) is 27.5 Å². The minimum absolute atomic E-state index is 0.262. The zero-order valence-electron chi connectivity index (χ0n) is 19.9. The monoisotopic (exact) mass is 527 g/mol. The van der Waals surface area contributed by atoms with Crippen LogP contribution in [0.4, 0.5) is 16.2 Å². The summed E-state index contributed by atoms with van der Waals surface area (Å²) in [6.07, 6.45) is 1.02. The second-order valence-electron chi connectivity index (χ2n) is 8.06. The summed E-state index contributed by atoms with van der Waals surface area (Å²) in [5.41, 5.74) is 2.13. The molecule has 0 aliphatic rings. The lowest BCUT2D eigenvalue weighted by Crippen LogP contribution is -2.39. The third kappa shape index (κ3) is 7.82. The Morgan fingerprint density at radius 2 is 1.42 bits per heavy atom. The van der Waals surface area contributed by atoms with E-state index in [0.717, 1.165) is 6.26 Å². The largest absolute Gasteiger partial charge is 0.362 e. The molecule has 0 saturated heterocycles. The van der Waals surface area contributed by atoms with Crippen molar-refractivity contribution >= 4 is 50.8 Å². The number of amidine groups is 1.